The van der Waals surface area contributed by atoms with Crippen LogP contribution in [0.4, 0.5) is 5.69 Å². The molecule has 1 atom stereocenters. The van der Waals surface area contributed by atoms with Crippen LogP contribution in [0.2, 0.25) is 0 Å². The fraction of sp³-hybridized carbons (Fsp3) is 0.353. The van der Waals surface area contributed by atoms with E-state index in [0.29, 0.717) is 6.04 Å². The van der Waals surface area contributed by atoms with E-state index in [2.05, 4.69) is 48.4 Å². The van der Waals surface area contributed by atoms with Crippen molar-refractivity contribution in [2.75, 3.05) is 5.32 Å². The predicted octanol–water partition coefficient (Wildman–Crippen LogP) is 4.19. The highest BCUT2D eigenvalue weighted by Gasteiger charge is 2.20. The maximum absolute atomic E-state index is 4.57. The van der Waals surface area contributed by atoms with Crippen molar-refractivity contribution < 1.29 is 0 Å². The van der Waals surface area contributed by atoms with Gasteiger partial charge in [-0.25, -0.2) is 0 Å². The molecule has 1 aliphatic carbocycles. The lowest BCUT2D eigenvalue weighted by Crippen LogP contribution is -2.18. The second-order valence-electron chi connectivity index (χ2n) is 5.44. The molecule has 1 heterocycles. The maximum atomic E-state index is 4.57. The molecule has 2 heteroatoms. The molecule has 0 saturated heterocycles. The average molecular weight is 252 g/mol. The molecule has 3 rings (SSSR count). The Hall–Kier alpha value is -1.83. The molecule has 1 aromatic heterocycles. The Morgan fingerprint density at radius 2 is 2.05 bits per heavy atom. The highest BCUT2D eigenvalue weighted by molar-refractivity contribution is 5.50. The molecular weight excluding hydrogens is 232 g/mol. The Bertz CT molecular complexity index is 590. The minimum Gasteiger partial charge on any atom is -0.377 e. The zero-order valence-corrected chi connectivity index (χ0v) is 11.6. The molecule has 1 N–H and O–H groups in total. The van der Waals surface area contributed by atoms with Crippen molar-refractivity contribution in [2.45, 2.75) is 39.2 Å². The summed E-state index contributed by atoms with van der Waals surface area (Å²) in [7, 11) is 0. The van der Waals surface area contributed by atoms with Crippen LogP contribution in [-0.4, -0.2) is 4.98 Å². The second kappa shape index (κ2) is 5.04. The summed E-state index contributed by atoms with van der Waals surface area (Å²) in [5.74, 6) is 0. The number of hydrogen-bond acceptors (Lipinski definition) is 2. The number of benzene rings is 1. The molecule has 1 unspecified atom stereocenters. The zero-order valence-electron chi connectivity index (χ0n) is 11.6. The van der Waals surface area contributed by atoms with Gasteiger partial charge in [0.25, 0.3) is 0 Å². The summed E-state index contributed by atoms with van der Waals surface area (Å²) in [6, 6.07) is 11.2. The van der Waals surface area contributed by atoms with E-state index in [0.717, 1.165) is 12.8 Å². The molecule has 2 nitrogen and oxygen atoms in total. The smallest absolute Gasteiger partial charge is 0.0688 e. The van der Waals surface area contributed by atoms with E-state index in [4.69, 9.17) is 0 Å². The maximum Gasteiger partial charge on any atom is 0.0688 e. The number of fused-ring (bicyclic) bond motifs is 1. The van der Waals surface area contributed by atoms with Crippen molar-refractivity contribution in [3.8, 4) is 0 Å². The van der Waals surface area contributed by atoms with Crippen LogP contribution in [0.5, 0.6) is 0 Å². The quantitative estimate of drug-likeness (QED) is 0.867. The first-order valence-corrected chi connectivity index (χ1v) is 7.01. The molecule has 1 aliphatic rings. The zero-order chi connectivity index (χ0) is 13.2. The standard InChI is InChI=1S/C17H20N2/c1-12-8-9-15(11-13(12)2)19-16-7-3-5-14-6-4-10-18-17(14)16/h4,6,8-11,16,19H,3,5,7H2,1-2H3. The van der Waals surface area contributed by atoms with Crippen molar-refractivity contribution in [1.29, 1.82) is 0 Å². The number of nitrogens with one attached hydrogen (secondary N) is 1. The van der Waals surface area contributed by atoms with Gasteiger partial charge in [-0.2, -0.15) is 0 Å². The third-order valence-electron chi connectivity index (χ3n) is 4.04. The molecule has 0 radical (unpaired) electrons. The molecule has 98 valence electrons. The average Bonchev–Trinajstić information content (AvgIpc) is 2.43. The minimum absolute atomic E-state index is 0.354. The van der Waals surface area contributed by atoms with Crippen molar-refractivity contribution in [2.24, 2.45) is 0 Å². The van der Waals surface area contributed by atoms with E-state index in [9.17, 15) is 0 Å². The number of pyridine rings is 1. The van der Waals surface area contributed by atoms with Gasteiger partial charge in [-0.3, -0.25) is 4.98 Å². The third-order valence-corrected chi connectivity index (χ3v) is 4.04. The summed E-state index contributed by atoms with van der Waals surface area (Å²) < 4.78 is 0. The van der Waals surface area contributed by atoms with Gasteiger partial charge in [0.15, 0.2) is 0 Å². The fourth-order valence-electron chi connectivity index (χ4n) is 2.78. The molecule has 0 amide bonds. The normalized spacial score (nSPS) is 17.9. The van der Waals surface area contributed by atoms with E-state index in [-0.39, 0.29) is 0 Å². The van der Waals surface area contributed by atoms with Gasteiger partial charge in [-0.05, 0) is 68.0 Å². The topological polar surface area (TPSA) is 24.9 Å². The summed E-state index contributed by atoms with van der Waals surface area (Å²) in [5.41, 5.74) is 6.50. The lowest BCUT2D eigenvalue weighted by atomic mass is 9.91. The van der Waals surface area contributed by atoms with Crippen molar-refractivity contribution in [1.82, 2.24) is 4.98 Å². The summed E-state index contributed by atoms with van der Waals surface area (Å²) in [4.78, 5) is 4.57. The Kier molecular flexibility index (Phi) is 3.24. The lowest BCUT2D eigenvalue weighted by molar-refractivity contribution is 0.583. The van der Waals surface area contributed by atoms with Gasteiger partial charge in [0.1, 0.15) is 0 Å². The van der Waals surface area contributed by atoms with E-state index in [1.165, 1.54) is 34.5 Å². The van der Waals surface area contributed by atoms with Crippen LogP contribution in [0.1, 0.15) is 41.3 Å². The van der Waals surface area contributed by atoms with Crippen LogP contribution in [0.3, 0.4) is 0 Å². The summed E-state index contributed by atoms with van der Waals surface area (Å²) in [6.45, 7) is 4.31. The van der Waals surface area contributed by atoms with E-state index in [1.54, 1.807) is 0 Å². The van der Waals surface area contributed by atoms with Crippen LogP contribution in [-0.2, 0) is 6.42 Å². The van der Waals surface area contributed by atoms with Crippen LogP contribution >= 0.6 is 0 Å². The monoisotopic (exact) mass is 252 g/mol. The van der Waals surface area contributed by atoms with Gasteiger partial charge >= 0.3 is 0 Å². The molecular formula is C17H20N2. The van der Waals surface area contributed by atoms with Gasteiger partial charge < -0.3 is 5.32 Å². The highest BCUT2D eigenvalue weighted by Crippen LogP contribution is 2.31. The molecule has 2 aromatic rings. The molecule has 0 spiro atoms. The Morgan fingerprint density at radius 3 is 2.89 bits per heavy atom. The van der Waals surface area contributed by atoms with Gasteiger partial charge in [0.2, 0.25) is 0 Å². The van der Waals surface area contributed by atoms with Crippen LogP contribution < -0.4 is 5.32 Å². The van der Waals surface area contributed by atoms with E-state index in [1.807, 2.05) is 12.3 Å². The van der Waals surface area contributed by atoms with Crippen LogP contribution in [0.25, 0.3) is 0 Å². The number of nitrogens with zero attached hydrogens (tertiary/aromatic N) is 1. The summed E-state index contributed by atoms with van der Waals surface area (Å²) in [6.07, 6.45) is 5.46. The predicted molar refractivity (Wildman–Crippen MR) is 79.5 cm³/mol. The van der Waals surface area contributed by atoms with E-state index >= 15 is 0 Å². The van der Waals surface area contributed by atoms with Crippen LogP contribution in [0, 0.1) is 13.8 Å². The fourth-order valence-corrected chi connectivity index (χ4v) is 2.78. The van der Waals surface area contributed by atoms with Gasteiger partial charge in [0.05, 0.1) is 11.7 Å². The molecule has 0 fully saturated rings. The highest BCUT2D eigenvalue weighted by atomic mass is 14.9. The van der Waals surface area contributed by atoms with Gasteiger partial charge in [-0.15, -0.1) is 0 Å². The van der Waals surface area contributed by atoms with Crippen LogP contribution in [0.15, 0.2) is 36.5 Å². The Balaban J connectivity index is 1.86. The number of aryl methyl sites for hydroxylation is 3. The first kappa shape index (κ1) is 12.2. The lowest BCUT2D eigenvalue weighted by Gasteiger charge is -2.26. The molecule has 19 heavy (non-hydrogen) atoms. The van der Waals surface area contributed by atoms with Gasteiger partial charge in [-0.1, -0.05) is 12.1 Å². The first-order valence-electron chi connectivity index (χ1n) is 7.01. The first-order chi connectivity index (χ1) is 9.24. The Morgan fingerprint density at radius 1 is 1.16 bits per heavy atom. The summed E-state index contributed by atoms with van der Waals surface area (Å²) in [5, 5.41) is 3.64. The third kappa shape index (κ3) is 2.48. The van der Waals surface area contributed by atoms with Gasteiger partial charge in [0, 0.05) is 11.9 Å². The molecule has 0 bridgehead atoms. The molecule has 1 aromatic carbocycles. The number of hydrogen-bond donors (Lipinski definition) is 1. The SMILES string of the molecule is Cc1ccc(NC2CCCc3cccnc32)cc1C. The number of rotatable bonds is 2. The number of aromatic nitrogens is 1. The van der Waals surface area contributed by atoms with Crippen molar-refractivity contribution >= 4 is 5.69 Å². The van der Waals surface area contributed by atoms with Crippen molar-refractivity contribution in [3.63, 3.8) is 0 Å². The molecule has 0 saturated carbocycles. The summed E-state index contributed by atoms with van der Waals surface area (Å²) >= 11 is 0. The van der Waals surface area contributed by atoms with Crippen molar-refractivity contribution in [3.05, 3.63) is 58.9 Å². The Labute approximate surface area is 114 Å². The van der Waals surface area contributed by atoms with E-state index < -0.39 is 0 Å². The second-order valence-corrected chi connectivity index (χ2v) is 5.44. The molecule has 0 aliphatic heterocycles. The minimum atomic E-state index is 0.354. The number of anilines is 1. The largest absolute Gasteiger partial charge is 0.377 e.